The molecule has 0 fully saturated rings. The molecule has 1 aromatic heterocycles. The summed E-state index contributed by atoms with van der Waals surface area (Å²) in [6, 6.07) is 13.0. The Kier molecular flexibility index (Phi) is 5.14. The third-order valence-electron chi connectivity index (χ3n) is 3.46. The zero-order chi connectivity index (χ0) is 18.5. The van der Waals surface area contributed by atoms with Crippen molar-refractivity contribution in [1.82, 2.24) is 4.98 Å². The summed E-state index contributed by atoms with van der Waals surface area (Å²) in [7, 11) is 1.55. The average Bonchev–Trinajstić information content (AvgIpc) is 3.12. The molecule has 0 unspecified atom stereocenters. The minimum atomic E-state index is -0.479. The number of hydrogen-bond acceptors (Lipinski definition) is 6. The lowest BCUT2D eigenvalue weighted by Gasteiger charge is -2.05. The highest BCUT2D eigenvalue weighted by Gasteiger charge is 2.14. The van der Waals surface area contributed by atoms with Gasteiger partial charge in [0.15, 0.2) is 5.13 Å². The van der Waals surface area contributed by atoms with Gasteiger partial charge in [0.25, 0.3) is 11.8 Å². The third kappa shape index (κ3) is 3.98. The van der Waals surface area contributed by atoms with Gasteiger partial charge in [-0.2, -0.15) is 0 Å². The summed E-state index contributed by atoms with van der Waals surface area (Å²) < 4.78 is 5.05. The zero-order valence-corrected chi connectivity index (χ0v) is 14.5. The number of para-hydroxylation sites is 2. The summed E-state index contributed by atoms with van der Waals surface area (Å²) >= 11 is 1.13. The lowest BCUT2D eigenvalue weighted by Crippen LogP contribution is -2.14. The molecule has 3 rings (SSSR count). The molecule has 0 radical (unpaired) electrons. The molecule has 8 heteroatoms. The Morgan fingerprint density at radius 2 is 1.77 bits per heavy atom. The van der Waals surface area contributed by atoms with E-state index in [0.29, 0.717) is 16.4 Å². The number of carbonyl (C=O) groups is 2. The summed E-state index contributed by atoms with van der Waals surface area (Å²) in [4.78, 5) is 28.5. The first-order valence-corrected chi connectivity index (χ1v) is 8.45. The van der Waals surface area contributed by atoms with Gasteiger partial charge in [0, 0.05) is 10.9 Å². The van der Waals surface area contributed by atoms with E-state index in [9.17, 15) is 14.7 Å². The fraction of sp³-hybridized carbons (Fsp3) is 0.0556. The fourth-order valence-electron chi connectivity index (χ4n) is 2.11. The molecule has 2 amide bonds. The second-order valence-corrected chi connectivity index (χ2v) is 6.05. The minimum absolute atomic E-state index is 0.0379. The summed E-state index contributed by atoms with van der Waals surface area (Å²) in [5.74, 6) is -0.203. The number of methoxy groups -OCH3 is 1. The number of rotatable bonds is 5. The Morgan fingerprint density at radius 3 is 2.46 bits per heavy atom. The fourth-order valence-corrected chi connectivity index (χ4v) is 2.80. The van der Waals surface area contributed by atoms with E-state index >= 15 is 0 Å². The van der Waals surface area contributed by atoms with Crippen LogP contribution in [0.4, 0.5) is 10.8 Å². The van der Waals surface area contributed by atoms with Crippen LogP contribution in [0.1, 0.15) is 20.8 Å². The van der Waals surface area contributed by atoms with Gasteiger partial charge in [-0.05, 0) is 36.4 Å². The molecular formula is C18H15N3O4S. The van der Waals surface area contributed by atoms with E-state index in [2.05, 4.69) is 15.6 Å². The third-order valence-corrected chi connectivity index (χ3v) is 4.22. The molecule has 1 heterocycles. The largest absolute Gasteiger partial charge is 0.506 e. The number of nitrogens with one attached hydrogen (secondary N) is 2. The Balaban J connectivity index is 1.66. The second kappa shape index (κ2) is 7.66. The Morgan fingerprint density at radius 1 is 1.04 bits per heavy atom. The number of benzene rings is 2. The van der Waals surface area contributed by atoms with Crippen molar-refractivity contribution in [3.8, 4) is 11.5 Å². The van der Waals surface area contributed by atoms with Crippen LogP contribution in [-0.4, -0.2) is 29.0 Å². The Bertz CT molecular complexity index is 938. The van der Waals surface area contributed by atoms with Crippen LogP contribution in [0.3, 0.4) is 0 Å². The molecule has 2 aromatic carbocycles. The number of amides is 2. The van der Waals surface area contributed by atoms with E-state index in [0.717, 1.165) is 11.3 Å². The van der Waals surface area contributed by atoms with Gasteiger partial charge in [-0.1, -0.05) is 12.1 Å². The Labute approximate surface area is 153 Å². The molecule has 3 aromatic rings. The number of carbonyl (C=O) groups excluding carboxylic acids is 2. The number of aromatic hydroxyl groups is 1. The van der Waals surface area contributed by atoms with Crippen molar-refractivity contribution >= 4 is 34.0 Å². The molecule has 0 saturated carbocycles. The van der Waals surface area contributed by atoms with Gasteiger partial charge >= 0.3 is 0 Å². The van der Waals surface area contributed by atoms with Crippen molar-refractivity contribution < 1.29 is 19.4 Å². The number of phenolic OH excluding ortho intramolecular Hbond substituents is 1. The van der Waals surface area contributed by atoms with Gasteiger partial charge in [-0.3, -0.25) is 14.9 Å². The second-order valence-electron chi connectivity index (χ2n) is 5.19. The van der Waals surface area contributed by atoms with Crippen LogP contribution < -0.4 is 15.4 Å². The summed E-state index contributed by atoms with van der Waals surface area (Å²) in [6.07, 6.45) is 0. The maximum atomic E-state index is 12.2. The summed E-state index contributed by atoms with van der Waals surface area (Å²) in [5.41, 5.74) is 0.874. The molecule has 0 saturated heterocycles. The van der Waals surface area contributed by atoms with Crippen molar-refractivity contribution in [2.45, 2.75) is 0 Å². The first-order valence-electron chi connectivity index (χ1n) is 7.57. The van der Waals surface area contributed by atoms with E-state index in [4.69, 9.17) is 4.74 Å². The van der Waals surface area contributed by atoms with Crippen LogP contribution in [0.5, 0.6) is 11.5 Å². The lowest BCUT2D eigenvalue weighted by molar-refractivity contribution is 0.101. The highest BCUT2D eigenvalue weighted by atomic mass is 32.1. The first kappa shape index (κ1) is 17.4. The topological polar surface area (TPSA) is 101 Å². The van der Waals surface area contributed by atoms with Crippen LogP contribution in [0, 0.1) is 0 Å². The van der Waals surface area contributed by atoms with Gasteiger partial charge in [0.2, 0.25) is 0 Å². The SMILES string of the molecule is COc1ccc(C(=O)Nc2nc(C(=O)Nc3ccccc3O)cs2)cc1. The number of phenols is 1. The number of thiazole rings is 1. The molecule has 0 spiro atoms. The molecule has 0 aliphatic carbocycles. The minimum Gasteiger partial charge on any atom is -0.506 e. The normalized spacial score (nSPS) is 10.2. The van der Waals surface area contributed by atoms with Crippen LogP contribution >= 0.6 is 11.3 Å². The highest BCUT2D eigenvalue weighted by molar-refractivity contribution is 7.14. The molecular weight excluding hydrogens is 354 g/mol. The predicted octanol–water partition coefficient (Wildman–Crippen LogP) is 3.36. The molecule has 26 heavy (non-hydrogen) atoms. The van der Waals surface area contributed by atoms with Gasteiger partial charge in [0.1, 0.15) is 17.2 Å². The number of nitrogens with zero attached hydrogens (tertiary/aromatic N) is 1. The molecule has 3 N–H and O–H groups in total. The van der Waals surface area contributed by atoms with Crippen molar-refractivity contribution in [3.05, 3.63) is 65.2 Å². The predicted molar refractivity (Wildman–Crippen MR) is 99.1 cm³/mol. The van der Waals surface area contributed by atoms with Crippen molar-refractivity contribution in [1.29, 1.82) is 0 Å². The summed E-state index contributed by atoms with van der Waals surface area (Å²) in [5, 5.41) is 16.7. The first-order chi connectivity index (χ1) is 12.6. The maximum Gasteiger partial charge on any atom is 0.275 e. The van der Waals surface area contributed by atoms with Crippen molar-refractivity contribution in [2.75, 3.05) is 17.7 Å². The molecule has 0 aliphatic rings. The molecule has 0 aliphatic heterocycles. The van der Waals surface area contributed by atoms with E-state index in [-0.39, 0.29) is 23.0 Å². The number of anilines is 2. The quantitative estimate of drug-likeness (QED) is 0.599. The van der Waals surface area contributed by atoms with Gasteiger partial charge in [-0.25, -0.2) is 4.98 Å². The van der Waals surface area contributed by atoms with Crippen molar-refractivity contribution in [3.63, 3.8) is 0 Å². The van der Waals surface area contributed by atoms with E-state index in [1.54, 1.807) is 49.6 Å². The number of aromatic nitrogens is 1. The number of ether oxygens (including phenoxy) is 1. The molecule has 132 valence electrons. The maximum absolute atomic E-state index is 12.2. The molecule has 7 nitrogen and oxygen atoms in total. The van der Waals surface area contributed by atoms with Crippen LogP contribution in [0.2, 0.25) is 0 Å². The van der Waals surface area contributed by atoms with Gasteiger partial charge in [-0.15, -0.1) is 11.3 Å². The van der Waals surface area contributed by atoms with E-state index in [1.165, 1.54) is 11.4 Å². The summed E-state index contributed by atoms with van der Waals surface area (Å²) in [6.45, 7) is 0. The van der Waals surface area contributed by atoms with E-state index < -0.39 is 5.91 Å². The number of hydrogen-bond donors (Lipinski definition) is 3. The standard InChI is InChI=1S/C18H15N3O4S/c1-25-12-8-6-11(7-9-12)16(23)21-18-20-14(10-26-18)17(24)19-13-4-2-3-5-15(13)22/h2-10,22H,1H3,(H,19,24)(H,20,21,23). The van der Waals surface area contributed by atoms with E-state index in [1.807, 2.05) is 0 Å². The lowest BCUT2D eigenvalue weighted by atomic mass is 10.2. The van der Waals surface area contributed by atoms with Gasteiger partial charge in [0.05, 0.1) is 12.8 Å². The monoisotopic (exact) mass is 369 g/mol. The van der Waals surface area contributed by atoms with Crippen LogP contribution in [0.15, 0.2) is 53.9 Å². The Hall–Kier alpha value is -3.39. The molecule has 0 atom stereocenters. The van der Waals surface area contributed by atoms with Crippen LogP contribution in [-0.2, 0) is 0 Å². The van der Waals surface area contributed by atoms with Crippen LogP contribution in [0.25, 0.3) is 0 Å². The van der Waals surface area contributed by atoms with Crippen molar-refractivity contribution in [2.24, 2.45) is 0 Å². The highest BCUT2D eigenvalue weighted by Crippen LogP contribution is 2.23. The zero-order valence-electron chi connectivity index (χ0n) is 13.7. The van der Waals surface area contributed by atoms with Gasteiger partial charge < -0.3 is 15.2 Å². The molecule has 0 bridgehead atoms. The smallest absolute Gasteiger partial charge is 0.275 e. The average molecular weight is 369 g/mol.